The second-order valence-electron chi connectivity index (χ2n) is 7.37. The molecular formula is C17H25N5O2. The average Bonchev–Trinajstić information content (AvgIpc) is 3.24. The number of rotatable bonds is 5. The Labute approximate surface area is 141 Å². The van der Waals surface area contributed by atoms with E-state index in [0.29, 0.717) is 30.5 Å². The molecule has 0 saturated heterocycles. The van der Waals surface area contributed by atoms with Gasteiger partial charge in [-0.3, -0.25) is 4.79 Å². The Balaban J connectivity index is 1.54. The topological polar surface area (TPSA) is 85.8 Å². The van der Waals surface area contributed by atoms with Crippen LogP contribution in [0, 0.1) is 0 Å². The van der Waals surface area contributed by atoms with E-state index in [1.807, 2.05) is 20.8 Å². The number of carbonyl (C=O) groups is 1. The van der Waals surface area contributed by atoms with E-state index in [0.717, 1.165) is 18.7 Å². The molecule has 2 aromatic heterocycles. The molecule has 0 spiro atoms. The van der Waals surface area contributed by atoms with E-state index < -0.39 is 0 Å². The molecule has 1 aliphatic rings. The van der Waals surface area contributed by atoms with Crippen molar-refractivity contribution >= 4 is 11.7 Å². The Morgan fingerprint density at radius 3 is 2.83 bits per heavy atom. The number of hydrogen-bond acceptors (Lipinski definition) is 5. The molecule has 0 atom stereocenters. The van der Waals surface area contributed by atoms with Crippen molar-refractivity contribution in [3.8, 4) is 0 Å². The van der Waals surface area contributed by atoms with Gasteiger partial charge in [-0.25, -0.2) is 4.68 Å². The fraction of sp³-hybridized carbons (Fsp3) is 0.647. The predicted octanol–water partition coefficient (Wildman–Crippen LogP) is 3.25. The summed E-state index contributed by atoms with van der Waals surface area (Å²) in [5, 5.41) is 11.2. The Morgan fingerprint density at radius 2 is 2.12 bits per heavy atom. The van der Waals surface area contributed by atoms with Crippen molar-refractivity contribution in [2.45, 2.75) is 70.8 Å². The molecule has 1 aliphatic carbocycles. The molecule has 2 heterocycles. The van der Waals surface area contributed by atoms with Gasteiger partial charge in [-0.15, -0.1) is 0 Å². The summed E-state index contributed by atoms with van der Waals surface area (Å²) in [5.74, 6) is 2.38. The molecule has 1 N–H and O–H groups in total. The van der Waals surface area contributed by atoms with Gasteiger partial charge in [0.05, 0.1) is 11.7 Å². The normalized spacial score (nSPS) is 15.8. The number of aromatic nitrogens is 4. The first-order chi connectivity index (χ1) is 11.4. The van der Waals surface area contributed by atoms with Crippen molar-refractivity contribution in [2.24, 2.45) is 0 Å². The lowest BCUT2D eigenvalue weighted by Crippen LogP contribution is -2.26. The number of hydrogen-bond donors (Lipinski definition) is 1. The van der Waals surface area contributed by atoms with Crippen LogP contribution in [0.1, 0.15) is 70.5 Å². The molecule has 130 valence electrons. The van der Waals surface area contributed by atoms with E-state index in [-0.39, 0.29) is 11.4 Å². The van der Waals surface area contributed by atoms with Crippen molar-refractivity contribution in [2.75, 3.05) is 5.32 Å². The molecule has 24 heavy (non-hydrogen) atoms. The third-order valence-corrected chi connectivity index (χ3v) is 4.32. The van der Waals surface area contributed by atoms with Gasteiger partial charge in [-0.05, 0) is 33.6 Å². The summed E-state index contributed by atoms with van der Waals surface area (Å²) >= 11 is 0. The quantitative estimate of drug-likeness (QED) is 0.909. The molecule has 0 aromatic carbocycles. The number of carbonyl (C=O) groups excluding carboxylic acids is 1. The number of nitrogens with zero attached hydrogens (tertiary/aromatic N) is 4. The average molecular weight is 331 g/mol. The Kier molecular flexibility index (Phi) is 4.69. The Hall–Kier alpha value is -2.18. The minimum absolute atomic E-state index is 0.0818. The van der Waals surface area contributed by atoms with Crippen LogP contribution in [0.25, 0.3) is 0 Å². The molecule has 0 radical (unpaired) electrons. The zero-order chi connectivity index (χ0) is 17.2. The van der Waals surface area contributed by atoms with E-state index >= 15 is 0 Å². The van der Waals surface area contributed by atoms with Gasteiger partial charge in [0.15, 0.2) is 5.82 Å². The first-order valence-electron chi connectivity index (χ1n) is 8.60. The summed E-state index contributed by atoms with van der Waals surface area (Å²) in [6, 6.07) is 1.80. The largest absolute Gasteiger partial charge is 0.339 e. The minimum atomic E-state index is -0.186. The lowest BCUT2D eigenvalue weighted by Gasteiger charge is -2.22. The lowest BCUT2D eigenvalue weighted by molar-refractivity contribution is -0.116. The van der Waals surface area contributed by atoms with Gasteiger partial charge in [-0.1, -0.05) is 18.0 Å². The first kappa shape index (κ1) is 16.7. The number of aryl methyl sites for hydroxylation is 1. The standard InChI is InChI=1S/C17H25N5O2/c1-17(2,3)22-13(10-11-18-22)19-14(23)8-9-15-20-16(21-24-15)12-6-4-5-7-12/h10-12H,4-9H2,1-3H3,(H,19,23). The van der Waals surface area contributed by atoms with E-state index in [1.165, 1.54) is 12.8 Å². The summed E-state index contributed by atoms with van der Waals surface area (Å²) in [6.07, 6.45) is 7.19. The molecule has 1 fully saturated rings. The summed E-state index contributed by atoms with van der Waals surface area (Å²) in [4.78, 5) is 16.6. The molecule has 3 rings (SSSR count). The maximum Gasteiger partial charge on any atom is 0.227 e. The summed E-state index contributed by atoms with van der Waals surface area (Å²) < 4.78 is 7.08. The highest BCUT2D eigenvalue weighted by Crippen LogP contribution is 2.32. The van der Waals surface area contributed by atoms with E-state index in [4.69, 9.17) is 4.52 Å². The highest BCUT2D eigenvalue weighted by atomic mass is 16.5. The Bertz CT molecular complexity index is 692. The molecule has 2 aromatic rings. The zero-order valence-corrected chi connectivity index (χ0v) is 14.6. The molecule has 7 nitrogen and oxygen atoms in total. The molecule has 0 bridgehead atoms. The molecule has 7 heteroatoms. The smallest absolute Gasteiger partial charge is 0.227 e. The third-order valence-electron chi connectivity index (χ3n) is 4.32. The van der Waals surface area contributed by atoms with Crippen molar-refractivity contribution in [3.63, 3.8) is 0 Å². The summed E-state index contributed by atoms with van der Waals surface area (Å²) in [5.41, 5.74) is -0.186. The van der Waals surface area contributed by atoms with Crippen LogP contribution in [-0.2, 0) is 16.8 Å². The van der Waals surface area contributed by atoms with Crippen molar-refractivity contribution in [1.82, 2.24) is 19.9 Å². The Morgan fingerprint density at radius 1 is 1.38 bits per heavy atom. The van der Waals surface area contributed by atoms with Gasteiger partial charge >= 0.3 is 0 Å². The monoisotopic (exact) mass is 331 g/mol. The first-order valence-corrected chi connectivity index (χ1v) is 8.60. The van der Waals surface area contributed by atoms with Crippen LogP contribution < -0.4 is 5.32 Å². The van der Waals surface area contributed by atoms with E-state index in [9.17, 15) is 4.79 Å². The van der Waals surface area contributed by atoms with Crippen molar-refractivity contribution in [1.29, 1.82) is 0 Å². The van der Waals surface area contributed by atoms with Crippen molar-refractivity contribution < 1.29 is 9.32 Å². The van der Waals surface area contributed by atoms with Gasteiger partial charge in [0.25, 0.3) is 0 Å². The van der Waals surface area contributed by atoms with Crippen LogP contribution >= 0.6 is 0 Å². The number of nitrogens with one attached hydrogen (secondary N) is 1. The van der Waals surface area contributed by atoms with Crippen molar-refractivity contribution in [3.05, 3.63) is 24.0 Å². The molecule has 1 saturated carbocycles. The second kappa shape index (κ2) is 6.75. The molecule has 0 aliphatic heterocycles. The fourth-order valence-electron chi connectivity index (χ4n) is 3.08. The summed E-state index contributed by atoms with van der Waals surface area (Å²) in [7, 11) is 0. The van der Waals surface area contributed by atoms with E-state index in [2.05, 4.69) is 20.6 Å². The van der Waals surface area contributed by atoms with Crippen LogP contribution in [-0.4, -0.2) is 25.8 Å². The van der Waals surface area contributed by atoms with Gasteiger partial charge in [0, 0.05) is 24.8 Å². The molecule has 0 unspecified atom stereocenters. The van der Waals surface area contributed by atoms with Crippen LogP contribution in [0.4, 0.5) is 5.82 Å². The maximum absolute atomic E-state index is 12.2. The highest BCUT2D eigenvalue weighted by Gasteiger charge is 2.23. The van der Waals surface area contributed by atoms with Gasteiger partial charge in [0.2, 0.25) is 11.8 Å². The van der Waals surface area contributed by atoms with Gasteiger partial charge in [-0.2, -0.15) is 10.1 Å². The zero-order valence-electron chi connectivity index (χ0n) is 14.6. The highest BCUT2D eigenvalue weighted by molar-refractivity contribution is 5.89. The lowest BCUT2D eigenvalue weighted by atomic mass is 10.1. The number of amides is 1. The van der Waals surface area contributed by atoms with Crippen LogP contribution in [0.3, 0.4) is 0 Å². The third kappa shape index (κ3) is 3.83. The molecule has 1 amide bonds. The number of anilines is 1. The van der Waals surface area contributed by atoms with E-state index in [1.54, 1.807) is 16.9 Å². The van der Waals surface area contributed by atoms with Gasteiger partial charge < -0.3 is 9.84 Å². The second-order valence-corrected chi connectivity index (χ2v) is 7.37. The fourth-order valence-corrected chi connectivity index (χ4v) is 3.08. The molecular weight excluding hydrogens is 306 g/mol. The van der Waals surface area contributed by atoms with Gasteiger partial charge in [0.1, 0.15) is 5.82 Å². The van der Waals surface area contributed by atoms with Crippen LogP contribution in [0.2, 0.25) is 0 Å². The summed E-state index contributed by atoms with van der Waals surface area (Å²) in [6.45, 7) is 6.12. The predicted molar refractivity (Wildman–Crippen MR) is 89.7 cm³/mol. The van der Waals surface area contributed by atoms with Crippen LogP contribution in [0.15, 0.2) is 16.8 Å². The maximum atomic E-state index is 12.2. The SMILES string of the molecule is CC(C)(C)n1nccc1NC(=O)CCc1nc(C2CCCC2)no1. The van der Waals surface area contributed by atoms with Crippen LogP contribution in [0.5, 0.6) is 0 Å². The minimum Gasteiger partial charge on any atom is -0.339 e.